The van der Waals surface area contributed by atoms with Crippen LogP contribution >= 0.6 is 7.52 Å². The smallest absolute Gasteiger partial charge is 0.342 e. The Morgan fingerprint density at radius 1 is 1.26 bits per heavy atom. The maximum absolute atomic E-state index is 13.7. The molecule has 2 heterocycles. The van der Waals surface area contributed by atoms with Crippen LogP contribution < -0.4 is 20.8 Å². The third-order valence-electron chi connectivity index (χ3n) is 4.69. The maximum atomic E-state index is 13.7. The second-order valence-electron chi connectivity index (χ2n) is 8.19. The number of nitrogens with zero attached hydrogens (tertiary/aromatic N) is 3. The first-order valence-electron chi connectivity index (χ1n) is 10.9. The minimum Gasteiger partial charge on any atom is -0.462 e. The Kier molecular flexibility index (Phi) is 8.14. The molecule has 0 fully saturated rings. The number of nitrogens with two attached hydrogens (primary N) is 1. The number of carbonyl (C=O) groups excluding carboxylic acids is 1. The summed E-state index contributed by atoms with van der Waals surface area (Å²) in [7, 11) is -3.65. The molecule has 0 amide bonds. The van der Waals surface area contributed by atoms with Gasteiger partial charge in [0.25, 0.3) is 0 Å². The lowest BCUT2D eigenvalue weighted by Gasteiger charge is -2.25. The van der Waals surface area contributed by atoms with Crippen LogP contribution in [0.15, 0.2) is 48.1 Å². The van der Waals surface area contributed by atoms with Gasteiger partial charge >= 0.3 is 13.5 Å². The highest BCUT2D eigenvalue weighted by atomic mass is 31.2. The number of carbonyl (C=O) groups is 1. The van der Waals surface area contributed by atoms with Crippen LogP contribution in [0.25, 0.3) is 5.70 Å². The van der Waals surface area contributed by atoms with Crippen molar-refractivity contribution in [1.82, 2.24) is 14.7 Å². The molecule has 0 saturated carbocycles. The largest absolute Gasteiger partial charge is 0.462 e. The van der Waals surface area contributed by atoms with Crippen LogP contribution in [0, 0.1) is 0 Å². The lowest BCUT2D eigenvalue weighted by atomic mass is 10.2. The minimum atomic E-state index is -3.65. The van der Waals surface area contributed by atoms with Crippen LogP contribution in [0.4, 0.5) is 0 Å². The van der Waals surface area contributed by atoms with E-state index in [1.54, 1.807) is 55.9 Å². The summed E-state index contributed by atoms with van der Waals surface area (Å²) in [5.41, 5.74) is 9.94. The van der Waals surface area contributed by atoms with Crippen LogP contribution in [0.5, 0.6) is 5.75 Å². The van der Waals surface area contributed by atoms with Crippen LogP contribution in [-0.2, 0) is 25.3 Å². The number of ether oxygens (including phenoxy) is 2. The van der Waals surface area contributed by atoms with Crippen molar-refractivity contribution >= 4 is 25.1 Å². The average Bonchev–Trinajstić information content (AvgIpc) is 3.15. The first-order valence-corrected chi connectivity index (χ1v) is 12.7. The van der Waals surface area contributed by atoms with E-state index >= 15 is 0 Å². The highest BCUT2D eigenvalue weighted by Gasteiger charge is 2.32. The van der Waals surface area contributed by atoms with Gasteiger partial charge in [-0.3, -0.25) is 14.8 Å². The van der Waals surface area contributed by atoms with Gasteiger partial charge < -0.3 is 19.7 Å². The van der Waals surface area contributed by atoms with Crippen molar-refractivity contribution in [3.05, 3.63) is 54.6 Å². The van der Waals surface area contributed by atoms with E-state index in [1.807, 2.05) is 13.0 Å². The van der Waals surface area contributed by atoms with E-state index in [1.165, 1.54) is 0 Å². The van der Waals surface area contributed by atoms with Gasteiger partial charge in [0.05, 0.1) is 24.1 Å². The molecule has 1 aliphatic rings. The summed E-state index contributed by atoms with van der Waals surface area (Å²) in [5, 5.41) is 2.78. The number of hydrogen-bond donors (Lipinski definition) is 3. The first-order chi connectivity index (χ1) is 16.1. The maximum Gasteiger partial charge on any atom is 0.342 e. The highest BCUT2D eigenvalue weighted by molar-refractivity contribution is 7.57. The number of aliphatic imine (C=N–C) groups is 1. The van der Waals surface area contributed by atoms with Gasteiger partial charge in [-0.1, -0.05) is 24.8 Å². The minimum absolute atomic E-state index is 0.206. The molecule has 0 bridgehead atoms. The standard InChI is InChI=1S/C22H31N6O5P/c1-14(2)32-21(29)17(5)27-34(30,33-19-9-7-6-8-10-19)13-31-15(3)11-18-12-24-20-16(4)25-22(23)26-28(18)20/h6-10,12,14-15,17H,4,11,13H2,1-3,5H3,(H,27,30)(H3,23,25,26)/t15?,17-,34?/m0/s1. The summed E-state index contributed by atoms with van der Waals surface area (Å²) in [6.45, 7) is 10.7. The van der Waals surface area contributed by atoms with Gasteiger partial charge in [-0.05, 0) is 39.8 Å². The second kappa shape index (κ2) is 10.9. The molecule has 0 saturated heterocycles. The number of guanidine groups is 1. The van der Waals surface area contributed by atoms with Gasteiger partial charge in [-0.25, -0.2) is 19.7 Å². The van der Waals surface area contributed by atoms with Crippen LogP contribution in [0.2, 0.25) is 0 Å². The molecule has 2 aromatic rings. The summed E-state index contributed by atoms with van der Waals surface area (Å²) < 4.78 is 32.2. The Hall–Kier alpha value is -3.14. The molecule has 3 rings (SSSR count). The Bertz CT molecular complexity index is 1100. The quantitative estimate of drug-likeness (QED) is 0.320. The number of rotatable bonds is 11. The Balaban J connectivity index is 1.68. The van der Waals surface area contributed by atoms with E-state index in [0.717, 1.165) is 5.69 Å². The van der Waals surface area contributed by atoms with Gasteiger partial charge in [-0.15, -0.1) is 0 Å². The van der Waals surface area contributed by atoms with E-state index in [9.17, 15) is 9.36 Å². The van der Waals surface area contributed by atoms with Gasteiger partial charge in [0.1, 0.15) is 23.8 Å². The Morgan fingerprint density at radius 3 is 2.65 bits per heavy atom. The molecule has 12 heteroatoms. The average molecular weight is 491 g/mol. The number of hydrogen-bond acceptors (Lipinski definition) is 9. The molecule has 1 aromatic heterocycles. The molecule has 3 atom stereocenters. The summed E-state index contributed by atoms with van der Waals surface area (Å²) in [5.74, 6) is 0.615. The molecular weight excluding hydrogens is 459 g/mol. The number of nitrogens with one attached hydrogen (secondary N) is 2. The number of para-hydroxylation sites is 1. The van der Waals surface area contributed by atoms with Crippen molar-refractivity contribution in [2.75, 3.05) is 11.8 Å². The number of fused-ring (bicyclic) bond motifs is 1. The second-order valence-corrected chi connectivity index (χ2v) is 10.2. The van der Waals surface area contributed by atoms with Crippen molar-refractivity contribution in [3.63, 3.8) is 0 Å². The SMILES string of the molecule is C=C1N=C(N)Nn2c(CC(C)OCP(=O)(N[C@@H](C)C(=O)OC(C)C)Oc3ccccc3)cnc21. The zero-order chi connectivity index (χ0) is 24.9. The molecule has 11 nitrogen and oxygen atoms in total. The number of aromatic nitrogens is 2. The van der Waals surface area contributed by atoms with E-state index in [-0.39, 0.29) is 24.5 Å². The zero-order valence-corrected chi connectivity index (χ0v) is 20.6. The van der Waals surface area contributed by atoms with Crippen molar-refractivity contribution in [2.45, 2.75) is 52.4 Å². The third kappa shape index (κ3) is 6.69. The normalized spacial score (nSPS) is 16.6. The molecule has 34 heavy (non-hydrogen) atoms. The molecule has 0 radical (unpaired) electrons. The molecular formula is C22H31N6O5P. The molecule has 2 unspecified atom stereocenters. The lowest BCUT2D eigenvalue weighted by molar-refractivity contribution is -0.149. The van der Waals surface area contributed by atoms with Gasteiger partial charge in [0.2, 0.25) is 5.96 Å². The fourth-order valence-electron chi connectivity index (χ4n) is 3.20. The van der Waals surface area contributed by atoms with Crippen LogP contribution in [0.1, 0.15) is 39.2 Å². The molecule has 4 N–H and O–H groups in total. The van der Waals surface area contributed by atoms with Crippen molar-refractivity contribution in [2.24, 2.45) is 10.7 Å². The molecule has 184 valence electrons. The topological polar surface area (TPSA) is 142 Å². The van der Waals surface area contributed by atoms with E-state index in [0.29, 0.717) is 23.7 Å². The van der Waals surface area contributed by atoms with Crippen LogP contribution in [-0.4, -0.2) is 46.2 Å². The first kappa shape index (κ1) is 25.5. The molecule has 1 aliphatic heterocycles. The van der Waals surface area contributed by atoms with Gasteiger partial charge in [0.15, 0.2) is 5.82 Å². The van der Waals surface area contributed by atoms with Crippen molar-refractivity contribution in [3.8, 4) is 5.75 Å². The van der Waals surface area contributed by atoms with E-state index in [4.69, 9.17) is 19.7 Å². The number of benzene rings is 1. The zero-order valence-electron chi connectivity index (χ0n) is 19.7. The molecule has 0 aliphatic carbocycles. The monoisotopic (exact) mass is 490 g/mol. The Morgan fingerprint density at radius 2 is 1.97 bits per heavy atom. The molecule has 0 spiro atoms. The lowest BCUT2D eigenvalue weighted by Crippen LogP contribution is -2.37. The number of imidazole rings is 1. The predicted octanol–water partition coefficient (Wildman–Crippen LogP) is 2.83. The van der Waals surface area contributed by atoms with Crippen LogP contribution in [0.3, 0.4) is 0 Å². The van der Waals surface area contributed by atoms with Crippen molar-refractivity contribution < 1.29 is 23.4 Å². The highest BCUT2D eigenvalue weighted by Crippen LogP contribution is 2.44. The van der Waals surface area contributed by atoms with Gasteiger partial charge in [-0.2, -0.15) is 0 Å². The van der Waals surface area contributed by atoms with E-state index in [2.05, 4.69) is 27.1 Å². The molecule has 1 aromatic carbocycles. The predicted molar refractivity (Wildman–Crippen MR) is 130 cm³/mol. The van der Waals surface area contributed by atoms with E-state index < -0.39 is 19.5 Å². The number of esters is 1. The van der Waals surface area contributed by atoms with Crippen molar-refractivity contribution in [1.29, 1.82) is 0 Å². The summed E-state index contributed by atoms with van der Waals surface area (Å²) >= 11 is 0. The third-order valence-corrected chi connectivity index (χ3v) is 6.47. The summed E-state index contributed by atoms with van der Waals surface area (Å²) in [4.78, 5) is 20.6. The summed E-state index contributed by atoms with van der Waals surface area (Å²) in [6.07, 6.45) is 1.16. The van der Waals surface area contributed by atoms with Gasteiger partial charge in [0, 0.05) is 6.42 Å². The Labute approximate surface area is 198 Å². The fraction of sp³-hybridized carbons (Fsp3) is 0.409. The fourth-order valence-corrected chi connectivity index (χ4v) is 4.99. The summed E-state index contributed by atoms with van der Waals surface area (Å²) in [6, 6.07) is 7.83.